The summed E-state index contributed by atoms with van der Waals surface area (Å²) >= 11 is 0. The molecule has 10 heteroatoms. The Morgan fingerprint density at radius 2 is 1.91 bits per heavy atom. The van der Waals surface area contributed by atoms with Crippen LogP contribution in [0.3, 0.4) is 0 Å². The van der Waals surface area contributed by atoms with Gasteiger partial charge >= 0.3 is 6.03 Å². The summed E-state index contributed by atoms with van der Waals surface area (Å²) in [5.74, 6) is -1.56. The summed E-state index contributed by atoms with van der Waals surface area (Å²) in [6, 6.07) is 6.15. The maximum absolute atomic E-state index is 13.4. The first-order valence-electron chi connectivity index (χ1n) is 10.7. The van der Waals surface area contributed by atoms with Crippen LogP contribution < -0.4 is 10.9 Å². The van der Waals surface area contributed by atoms with Gasteiger partial charge in [0.15, 0.2) is 5.76 Å². The molecule has 0 bridgehead atoms. The Hall–Kier alpha value is -3.56. The second-order valence-electron chi connectivity index (χ2n) is 8.40. The van der Waals surface area contributed by atoms with E-state index in [1.54, 1.807) is 42.1 Å². The molecular formula is C23H25F2N5O3. The first-order chi connectivity index (χ1) is 15.6. The van der Waals surface area contributed by atoms with E-state index in [1.807, 2.05) is 13.8 Å². The number of likely N-dealkylation sites (tertiary alicyclic amines) is 1. The van der Waals surface area contributed by atoms with E-state index in [0.29, 0.717) is 28.3 Å². The van der Waals surface area contributed by atoms with Crippen LogP contribution in [0.1, 0.15) is 38.5 Å². The number of piperidine rings is 1. The molecule has 8 nitrogen and oxygen atoms in total. The van der Waals surface area contributed by atoms with Gasteiger partial charge in [0.1, 0.15) is 11.5 Å². The lowest BCUT2D eigenvalue weighted by Gasteiger charge is -2.31. The van der Waals surface area contributed by atoms with Crippen molar-refractivity contribution in [1.82, 2.24) is 19.4 Å². The maximum atomic E-state index is 13.4. The van der Waals surface area contributed by atoms with Crippen molar-refractivity contribution >= 4 is 12.0 Å². The van der Waals surface area contributed by atoms with Gasteiger partial charge in [-0.15, -0.1) is 0 Å². The number of aromatic nitrogens is 3. The zero-order valence-electron chi connectivity index (χ0n) is 18.6. The molecule has 0 aliphatic carbocycles. The van der Waals surface area contributed by atoms with Gasteiger partial charge in [0.2, 0.25) is 5.95 Å². The zero-order chi connectivity index (χ0) is 23.8. The summed E-state index contributed by atoms with van der Waals surface area (Å²) in [7, 11) is 0. The lowest BCUT2D eigenvalue weighted by molar-refractivity contribution is -0.0461. The molecule has 1 N–H and O–H groups in total. The van der Waals surface area contributed by atoms with Gasteiger partial charge in [-0.1, -0.05) is 0 Å². The van der Waals surface area contributed by atoms with E-state index in [4.69, 9.17) is 4.42 Å². The number of halogens is 2. The SMILES string of the molecule is Cc1ccc(-c2nc(NC(=O)N3CCC(F)(F)CC3)ncc2-c2ccc(=O)n(C(C)C)c2)o1. The minimum absolute atomic E-state index is 0.0299. The minimum Gasteiger partial charge on any atom is -0.460 e. The van der Waals surface area contributed by atoms with Crippen molar-refractivity contribution in [3.05, 3.63) is 52.8 Å². The van der Waals surface area contributed by atoms with Gasteiger partial charge in [-0.25, -0.2) is 23.5 Å². The van der Waals surface area contributed by atoms with Crippen LogP contribution in [-0.2, 0) is 0 Å². The first-order valence-corrected chi connectivity index (χ1v) is 10.7. The molecule has 4 rings (SSSR count). The highest BCUT2D eigenvalue weighted by Gasteiger charge is 2.35. The molecule has 1 aliphatic heterocycles. The van der Waals surface area contributed by atoms with Gasteiger partial charge in [-0.3, -0.25) is 10.1 Å². The van der Waals surface area contributed by atoms with Crippen molar-refractivity contribution in [2.24, 2.45) is 0 Å². The number of anilines is 1. The normalized spacial score (nSPS) is 15.6. The summed E-state index contributed by atoms with van der Waals surface area (Å²) in [4.78, 5) is 34.8. The van der Waals surface area contributed by atoms with Gasteiger partial charge in [-0.2, -0.15) is 0 Å². The third kappa shape index (κ3) is 4.94. The molecule has 1 saturated heterocycles. The molecule has 3 aromatic heterocycles. The molecule has 174 valence electrons. The van der Waals surface area contributed by atoms with Crippen LogP contribution in [0.25, 0.3) is 22.6 Å². The summed E-state index contributed by atoms with van der Waals surface area (Å²) in [5.41, 5.74) is 1.64. The summed E-state index contributed by atoms with van der Waals surface area (Å²) in [6.45, 7) is 5.54. The number of nitrogens with zero attached hydrogens (tertiary/aromatic N) is 4. The predicted octanol–water partition coefficient (Wildman–Crippen LogP) is 4.72. The van der Waals surface area contributed by atoms with E-state index in [9.17, 15) is 18.4 Å². The highest BCUT2D eigenvalue weighted by molar-refractivity contribution is 5.88. The van der Waals surface area contributed by atoms with E-state index >= 15 is 0 Å². The van der Waals surface area contributed by atoms with Crippen LogP contribution in [0.2, 0.25) is 0 Å². The molecule has 1 aliphatic rings. The molecule has 4 heterocycles. The number of hydrogen-bond acceptors (Lipinski definition) is 5. The number of amides is 2. The number of carbonyl (C=O) groups excluding carboxylic acids is 1. The van der Waals surface area contributed by atoms with Crippen molar-refractivity contribution in [3.63, 3.8) is 0 Å². The lowest BCUT2D eigenvalue weighted by atomic mass is 10.1. The van der Waals surface area contributed by atoms with E-state index in [1.165, 1.54) is 11.0 Å². The standard InChI is InChI=1S/C23H25F2N5O3/c1-14(2)30-13-16(5-7-19(30)31)17-12-26-21(27-20(17)18-6-4-15(3)33-18)28-22(32)29-10-8-23(24,25)9-11-29/h4-7,12-14H,8-11H2,1-3H3,(H,26,27,28,32). The third-order valence-corrected chi connectivity index (χ3v) is 5.57. The molecule has 33 heavy (non-hydrogen) atoms. The van der Waals surface area contributed by atoms with Gasteiger partial charge in [-0.05, 0) is 39.0 Å². The Bertz CT molecular complexity index is 1220. The molecule has 1 fully saturated rings. The molecule has 0 spiro atoms. The van der Waals surface area contributed by atoms with Crippen LogP contribution >= 0.6 is 0 Å². The molecule has 2 amide bonds. The number of aryl methyl sites for hydroxylation is 1. The first kappa shape index (κ1) is 22.6. The molecule has 0 aromatic carbocycles. The highest BCUT2D eigenvalue weighted by atomic mass is 19.3. The van der Waals surface area contributed by atoms with Gasteiger partial charge in [0.25, 0.3) is 11.5 Å². The molecule has 0 radical (unpaired) electrons. The number of carbonyl (C=O) groups is 1. The minimum atomic E-state index is -2.74. The smallest absolute Gasteiger partial charge is 0.324 e. The van der Waals surface area contributed by atoms with Gasteiger partial charge < -0.3 is 13.9 Å². The van der Waals surface area contributed by atoms with Crippen molar-refractivity contribution < 1.29 is 18.0 Å². The molecule has 3 aromatic rings. The van der Waals surface area contributed by atoms with Crippen molar-refractivity contribution in [2.45, 2.75) is 45.6 Å². The number of furan rings is 1. The fraction of sp³-hybridized carbons (Fsp3) is 0.391. The van der Waals surface area contributed by atoms with Crippen molar-refractivity contribution in [3.8, 4) is 22.6 Å². The Kier molecular flexibility index (Phi) is 6.01. The van der Waals surface area contributed by atoms with E-state index in [2.05, 4.69) is 15.3 Å². The summed E-state index contributed by atoms with van der Waals surface area (Å²) < 4.78 is 34.2. The van der Waals surface area contributed by atoms with Gasteiger partial charge in [0.05, 0.1) is 0 Å². The Balaban J connectivity index is 1.68. The number of pyridine rings is 1. The average molecular weight is 457 g/mol. The quantitative estimate of drug-likeness (QED) is 0.612. The fourth-order valence-electron chi connectivity index (χ4n) is 3.68. The number of alkyl halides is 2. The summed E-state index contributed by atoms with van der Waals surface area (Å²) in [6.07, 6.45) is 2.53. The number of hydrogen-bond donors (Lipinski definition) is 1. The second-order valence-corrected chi connectivity index (χ2v) is 8.40. The maximum Gasteiger partial charge on any atom is 0.324 e. The molecule has 0 atom stereocenters. The largest absolute Gasteiger partial charge is 0.460 e. The second kappa shape index (κ2) is 8.76. The molecule has 0 unspecified atom stereocenters. The van der Waals surface area contributed by atoms with Crippen molar-refractivity contribution in [2.75, 3.05) is 18.4 Å². The average Bonchev–Trinajstić information content (AvgIpc) is 3.20. The van der Waals surface area contributed by atoms with Crippen LogP contribution in [0.15, 0.2) is 45.9 Å². The number of urea groups is 1. The highest BCUT2D eigenvalue weighted by Crippen LogP contribution is 2.32. The Morgan fingerprint density at radius 3 is 2.55 bits per heavy atom. The fourth-order valence-corrected chi connectivity index (χ4v) is 3.68. The van der Waals surface area contributed by atoms with Crippen LogP contribution in [0, 0.1) is 6.92 Å². The summed E-state index contributed by atoms with van der Waals surface area (Å²) in [5, 5.41) is 2.60. The number of nitrogens with one attached hydrogen (secondary N) is 1. The zero-order valence-corrected chi connectivity index (χ0v) is 18.6. The van der Waals surface area contributed by atoms with Crippen molar-refractivity contribution in [1.29, 1.82) is 0 Å². The van der Waals surface area contributed by atoms with E-state index in [0.717, 1.165) is 0 Å². The monoisotopic (exact) mass is 457 g/mol. The van der Waals surface area contributed by atoms with Crippen LogP contribution in [0.5, 0.6) is 0 Å². The predicted molar refractivity (Wildman–Crippen MR) is 119 cm³/mol. The van der Waals surface area contributed by atoms with Gasteiger partial charge in [0, 0.05) is 61.6 Å². The number of rotatable bonds is 4. The van der Waals surface area contributed by atoms with E-state index in [-0.39, 0.29) is 43.5 Å². The van der Waals surface area contributed by atoms with E-state index < -0.39 is 12.0 Å². The third-order valence-electron chi connectivity index (χ3n) is 5.57. The molecular weight excluding hydrogens is 432 g/mol. The topological polar surface area (TPSA) is 93.3 Å². The lowest BCUT2D eigenvalue weighted by Crippen LogP contribution is -2.44. The Labute approximate surface area is 189 Å². The van der Waals surface area contributed by atoms with Crippen LogP contribution in [0.4, 0.5) is 19.5 Å². The molecule has 0 saturated carbocycles. The Morgan fingerprint density at radius 1 is 1.18 bits per heavy atom. The van der Waals surface area contributed by atoms with Crippen LogP contribution in [-0.4, -0.2) is 44.5 Å².